The van der Waals surface area contributed by atoms with Crippen molar-refractivity contribution in [3.05, 3.63) is 0 Å². The normalized spacial score (nSPS) is 30.0. The van der Waals surface area contributed by atoms with E-state index in [0.29, 0.717) is 52.5 Å². The van der Waals surface area contributed by atoms with Gasteiger partial charge in [0.25, 0.3) is 0 Å². The number of rotatable bonds is 0. The average molecular weight is 338 g/mol. The number of urea groups is 1. The largest absolute Gasteiger partial charge is 0.378 e. The minimum atomic E-state index is -0.0969. The van der Waals surface area contributed by atoms with E-state index in [1.165, 1.54) is 0 Å². The molecule has 0 unspecified atom stereocenters. The van der Waals surface area contributed by atoms with E-state index in [1.807, 2.05) is 14.7 Å². The standard InChI is InChI=1S/C16H26N4O4/c1-13(21)18-8-14-9-24-7-4-20(14)16(10-18)11-19(12-16)15(22)17-2-5-23-6-3-17/h14H,2-12H2,1H3/t14-/m1/s1. The maximum Gasteiger partial charge on any atom is 0.320 e. The zero-order chi connectivity index (χ0) is 16.7. The number of hydrogen-bond acceptors (Lipinski definition) is 5. The molecular formula is C16H26N4O4. The minimum Gasteiger partial charge on any atom is -0.378 e. The summed E-state index contributed by atoms with van der Waals surface area (Å²) in [6.07, 6.45) is 0. The lowest BCUT2D eigenvalue weighted by Crippen LogP contribution is -2.82. The molecule has 4 aliphatic rings. The molecule has 8 nitrogen and oxygen atoms in total. The van der Waals surface area contributed by atoms with Crippen molar-refractivity contribution in [1.29, 1.82) is 0 Å². The van der Waals surface area contributed by atoms with E-state index in [-0.39, 0.29) is 23.5 Å². The van der Waals surface area contributed by atoms with Crippen LogP contribution >= 0.6 is 0 Å². The smallest absolute Gasteiger partial charge is 0.320 e. The number of nitrogens with zero attached hydrogens (tertiary/aromatic N) is 4. The summed E-state index contributed by atoms with van der Waals surface area (Å²) in [6.45, 7) is 9.33. The summed E-state index contributed by atoms with van der Waals surface area (Å²) in [5, 5.41) is 0. The number of piperazine rings is 1. The fourth-order valence-electron chi connectivity index (χ4n) is 4.47. The highest BCUT2D eigenvalue weighted by Gasteiger charge is 2.56. The highest BCUT2D eigenvalue weighted by Crippen LogP contribution is 2.36. The number of hydrogen-bond donors (Lipinski definition) is 0. The Labute approximate surface area is 142 Å². The second kappa shape index (κ2) is 6.16. The van der Waals surface area contributed by atoms with Crippen LogP contribution in [0.2, 0.25) is 0 Å². The summed E-state index contributed by atoms with van der Waals surface area (Å²) in [5.74, 6) is 0.109. The van der Waals surface area contributed by atoms with E-state index in [9.17, 15) is 9.59 Å². The van der Waals surface area contributed by atoms with E-state index in [2.05, 4.69) is 4.90 Å². The van der Waals surface area contributed by atoms with Gasteiger partial charge in [0.2, 0.25) is 5.91 Å². The van der Waals surface area contributed by atoms with Gasteiger partial charge in [-0.3, -0.25) is 9.69 Å². The second-order valence-electron chi connectivity index (χ2n) is 7.28. The van der Waals surface area contributed by atoms with Crippen molar-refractivity contribution < 1.29 is 19.1 Å². The first-order valence-electron chi connectivity index (χ1n) is 8.81. The lowest BCUT2D eigenvalue weighted by molar-refractivity contribution is -0.168. The van der Waals surface area contributed by atoms with E-state index in [4.69, 9.17) is 9.47 Å². The van der Waals surface area contributed by atoms with Gasteiger partial charge in [-0.15, -0.1) is 0 Å². The van der Waals surface area contributed by atoms with Crippen LogP contribution in [0.4, 0.5) is 4.79 Å². The minimum absolute atomic E-state index is 0.0969. The first-order valence-corrected chi connectivity index (χ1v) is 8.81. The SMILES string of the molecule is CC(=O)N1C[C@@H]2COCCN2C2(C1)CN(C(=O)N1CCOCC1)C2. The third kappa shape index (κ3) is 2.66. The molecule has 0 radical (unpaired) electrons. The molecule has 0 bridgehead atoms. The molecule has 4 aliphatic heterocycles. The van der Waals surface area contributed by atoms with Crippen molar-refractivity contribution in [1.82, 2.24) is 19.6 Å². The molecule has 4 fully saturated rings. The van der Waals surface area contributed by atoms with Crippen molar-refractivity contribution >= 4 is 11.9 Å². The van der Waals surface area contributed by atoms with Crippen molar-refractivity contribution in [2.75, 3.05) is 72.2 Å². The van der Waals surface area contributed by atoms with Gasteiger partial charge in [0.1, 0.15) is 0 Å². The van der Waals surface area contributed by atoms with Crippen LogP contribution in [-0.4, -0.2) is 115 Å². The predicted octanol–water partition coefficient (Wildman–Crippen LogP) is -0.944. The molecule has 3 amide bonds. The molecule has 0 aromatic rings. The molecule has 0 saturated carbocycles. The Morgan fingerprint density at radius 3 is 2.29 bits per heavy atom. The van der Waals surface area contributed by atoms with Gasteiger partial charge in [0.05, 0.1) is 38.0 Å². The molecule has 0 aromatic heterocycles. The topological polar surface area (TPSA) is 65.6 Å². The zero-order valence-electron chi connectivity index (χ0n) is 14.3. The summed E-state index contributed by atoms with van der Waals surface area (Å²) in [6, 6.07) is 0.353. The van der Waals surface area contributed by atoms with Crippen LogP contribution in [0.3, 0.4) is 0 Å². The number of likely N-dealkylation sites (tertiary alicyclic amines) is 1. The summed E-state index contributed by atoms with van der Waals surface area (Å²) < 4.78 is 10.9. The van der Waals surface area contributed by atoms with Crippen molar-refractivity contribution in [3.8, 4) is 0 Å². The molecule has 0 aromatic carbocycles. The van der Waals surface area contributed by atoms with Gasteiger partial charge < -0.3 is 24.2 Å². The maximum absolute atomic E-state index is 12.7. The van der Waals surface area contributed by atoms with Crippen molar-refractivity contribution in [2.24, 2.45) is 0 Å². The van der Waals surface area contributed by atoms with Gasteiger partial charge in [-0.1, -0.05) is 0 Å². The Bertz CT molecular complexity index is 516. The molecular weight excluding hydrogens is 312 g/mol. The van der Waals surface area contributed by atoms with Crippen LogP contribution in [0.1, 0.15) is 6.92 Å². The van der Waals surface area contributed by atoms with E-state index >= 15 is 0 Å². The van der Waals surface area contributed by atoms with Crippen LogP contribution in [-0.2, 0) is 14.3 Å². The van der Waals surface area contributed by atoms with Gasteiger partial charge in [-0.2, -0.15) is 0 Å². The van der Waals surface area contributed by atoms with Crippen molar-refractivity contribution in [2.45, 2.75) is 18.5 Å². The van der Waals surface area contributed by atoms with Crippen LogP contribution in [0.25, 0.3) is 0 Å². The molecule has 0 N–H and O–H groups in total. The van der Waals surface area contributed by atoms with Crippen LogP contribution in [0.5, 0.6) is 0 Å². The molecule has 24 heavy (non-hydrogen) atoms. The molecule has 8 heteroatoms. The Kier molecular flexibility index (Phi) is 4.14. The molecule has 4 heterocycles. The van der Waals surface area contributed by atoms with Gasteiger partial charge >= 0.3 is 6.03 Å². The number of morpholine rings is 2. The van der Waals surface area contributed by atoms with Gasteiger partial charge in [-0.05, 0) is 0 Å². The third-order valence-corrected chi connectivity index (χ3v) is 5.72. The second-order valence-corrected chi connectivity index (χ2v) is 7.28. The molecule has 1 atom stereocenters. The molecule has 134 valence electrons. The predicted molar refractivity (Wildman–Crippen MR) is 85.7 cm³/mol. The Balaban J connectivity index is 1.45. The van der Waals surface area contributed by atoms with Gasteiger partial charge in [-0.25, -0.2) is 4.79 Å². The summed E-state index contributed by atoms with van der Waals surface area (Å²) in [7, 11) is 0. The lowest BCUT2D eigenvalue weighted by atomic mass is 9.82. The summed E-state index contributed by atoms with van der Waals surface area (Å²) >= 11 is 0. The zero-order valence-corrected chi connectivity index (χ0v) is 14.3. The highest BCUT2D eigenvalue weighted by molar-refractivity contribution is 5.77. The highest BCUT2D eigenvalue weighted by atomic mass is 16.5. The van der Waals surface area contributed by atoms with Crippen molar-refractivity contribution in [3.63, 3.8) is 0 Å². The van der Waals surface area contributed by atoms with E-state index in [1.54, 1.807) is 6.92 Å². The third-order valence-electron chi connectivity index (χ3n) is 5.72. The average Bonchev–Trinajstić information content (AvgIpc) is 2.58. The molecule has 4 saturated heterocycles. The number of carbonyl (C=O) groups excluding carboxylic acids is 2. The van der Waals surface area contributed by atoms with Crippen LogP contribution in [0, 0.1) is 0 Å². The van der Waals surface area contributed by atoms with Crippen LogP contribution in [0.15, 0.2) is 0 Å². The molecule has 4 rings (SSSR count). The first kappa shape index (κ1) is 16.1. The number of fused-ring (bicyclic) bond motifs is 2. The Morgan fingerprint density at radius 1 is 0.917 bits per heavy atom. The van der Waals surface area contributed by atoms with Gasteiger partial charge in [0.15, 0.2) is 0 Å². The summed E-state index contributed by atoms with van der Waals surface area (Å²) in [4.78, 5) is 32.8. The van der Waals surface area contributed by atoms with E-state index in [0.717, 1.165) is 19.7 Å². The first-order chi connectivity index (χ1) is 11.6. The summed E-state index contributed by atoms with van der Waals surface area (Å²) in [5.41, 5.74) is -0.0969. The molecule has 0 aliphatic carbocycles. The maximum atomic E-state index is 12.7. The fourth-order valence-corrected chi connectivity index (χ4v) is 4.47. The number of ether oxygens (including phenoxy) is 2. The number of amides is 3. The van der Waals surface area contributed by atoms with E-state index < -0.39 is 0 Å². The number of carbonyl (C=O) groups is 2. The Morgan fingerprint density at radius 2 is 1.58 bits per heavy atom. The van der Waals surface area contributed by atoms with Crippen LogP contribution < -0.4 is 0 Å². The van der Waals surface area contributed by atoms with Gasteiger partial charge in [0, 0.05) is 52.7 Å². The fraction of sp³-hybridized carbons (Fsp3) is 0.875. The molecule has 1 spiro atoms. The lowest BCUT2D eigenvalue weighted by Gasteiger charge is -2.63. The monoisotopic (exact) mass is 338 g/mol. The Hall–Kier alpha value is -1.38. The quantitative estimate of drug-likeness (QED) is 0.570.